The number of aliphatic hydroxyl groups excluding tert-OH is 8. The summed E-state index contributed by atoms with van der Waals surface area (Å²) in [4.78, 5) is 11.6. The largest absolute Gasteiger partial charge is 0.457 e. The van der Waals surface area contributed by atoms with Gasteiger partial charge >= 0.3 is 5.97 Å². The molecule has 58 heavy (non-hydrogen) atoms. The van der Waals surface area contributed by atoms with Gasteiger partial charge in [0, 0.05) is 6.92 Å². The number of hydrogen-bond donors (Lipinski definition) is 9. The molecule has 334 valence electrons. The number of ether oxygens (including phenoxy) is 5. The van der Waals surface area contributed by atoms with E-state index in [2.05, 4.69) is 34.6 Å². The molecule has 0 aromatic heterocycles. The number of hydrogen-bond acceptors (Lipinski definition) is 15. The van der Waals surface area contributed by atoms with Gasteiger partial charge in [-0.25, -0.2) is 0 Å². The number of carbonyl (C=O) groups is 1. The molecule has 0 bridgehead atoms. The molecular weight excluding hydrogens is 756 g/mol. The molecule has 7 aliphatic rings. The van der Waals surface area contributed by atoms with Crippen LogP contribution in [0, 0.1) is 50.7 Å². The van der Waals surface area contributed by atoms with Gasteiger partial charge in [-0.1, -0.05) is 34.6 Å². The first-order valence-electron chi connectivity index (χ1n) is 21.7. The lowest BCUT2D eigenvalue weighted by Gasteiger charge is -2.65. The predicted molar refractivity (Wildman–Crippen MR) is 205 cm³/mol. The Morgan fingerprint density at radius 2 is 1.52 bits per heavy atom. The molecule has 21 atom stereocenters. The third-order valence-corrected chi connectivity index (χ3v) is 17.6. The Hall–Kier alpha value is -1.05. The van der Waals surface area contributed by atoms with Crippen LogP contribution >= 0.6 is 0 Å². The normalized spacial score (nSPS) is 52.1. The van der Waals surface area contributed by atoms with Gasteiger partial charge in [-0.2, -0.15) is 0 Å². The second kappa shape index (κ2) is 15.3. The number of rotatable bonds is 11. The molecule has 9 N–H and O–H groups in total. The predicted octanol–water partition coefficient (Wildman–Crippen LogP) is 1.13. The van der Waals surface area contributed by atoms with Gasteiger partial charge in [-0.05, 0) is 122 Å². The molecule has 7 rings (SSSR count). The fourth-order valence-electron chi connectivity index (χ4n) is 14.5. The quantitative estimate of drug-likeness (QED) is 0.105. The van der Waals surface area contributed by atoms with Crippen molar-refractivity contribution >= 4 is 5.97 Å². The third-order valence-electron chi connectivity index (χ3n) is 17.6. The zero-order valence-electron chi connectivity index (χ0n) is 35.6. The van der Waals surface area contributed by atoms with Crippen molar-refractivity contribution < 1.29 is 74.4 Å². The van der Waals surface area contributed by atoms with Crippen molar-refractivity contribution in [3.63, 3.8) is 0 Å². The van der Waals surface area contributed by atoms with Crippen LogP contribution in [-0.2, 0) is 28.5 Å². The summed E-state index contributed by atoms with van der Waals surface area (Å²) in [5, 5.41) is 97.9. The maximum absolute atomic E-state index is 12.0. The minimum atomic E-state index is -1.62. The first-order chi connectivity index (χ1) is 26.9. The topological polar surface area (TPSA) is 245 Å². The van der Waals surface area contributed by atoms with E-state index in [4.69, 9.17) is 23.7 Å². The molecule has 2 heterocycles. The van der Waals surface area contributed by atoms with Gasteiger partial charge in [-0.3, -0.25) is 4.79 Å². The Balaban J connectivity index is 1.20. The average molecular weight is 829 g/mol. The van der Waals surface area contributed by atoms with E-state index >= 15 is 0 Å². The van der Waals surface area contributed by atoms with E-state index in [-0.39, 0.29) is 51.9 Å². The summed E-state index contributed by atoms with van der Waals surface area (Å²) in [6, 6.07) is 0. The fourth-order valence-corrected chi connectivity index (χ4v) is 14.5. The van der Waals surface area contributed by atoms with Gasteiger partial charge in [0.15, 0.2) is 18.7 Å². The highest BCUT2D eigenvalue weighted by Gasteiger charge is 2.84. The molecule has 5 saturated carbocycles. The Labute approximate surface area is 342 Å². The fraction of sp³-hybridized carbons (Fsp3) is 0.977. The van der Waals surface area contributed by atoms with Crippen LogP contribution < -0.4 is 0 Å². The molecule has 0 aromatic rings. The van der Waals surface area contributed by atoms with Crippen LogP contribution in [0.4, 0.5) is 0 Å². The Bertz CT molecular complexity index is 1500. The summed E-state index contributed by atoms with van der Waals surface area (Å²) >= 11 is 0. The minimum absolute atomic E-state index is 0.0422. The minimum Gasteiger partial charge on any atom is -0.457 e. The third kappa shape index (κ3) is 6.84. The van der Waals surface area contributed by atoms with E-state index in [9.17, 15) is 50.8 Å². The SMILES string of the molecule is CC(=O)O[C@@H]1CO[C@@H](O[C@H]2CC[C@]34C[C@]35CC[C@]3(C)[C@@H]([C@H](C)CC[C@H](O)C(C)(C)O)[C@@H](O)C[C@@]3(C)[C@@H]5C[C@H](O[C@@H]3O[C@H](CO)[C@@H](O)[C@H](O)[C@H]3O)[C@H]4C2(C)C)[C@H](O)[C@H]1O. The molecule has 2 saturated heterocycles. The highest BCUT2D eigenvalue weighted by Crippen LogP contribution is 2.89. The second-order valence-electron chi connectivity index (χ2n) is 21.3. The molecule has 2 aliphatic heterocycles. The number of aliphatic hydroxyl groups is 9. The lowest BCUT2D eigenvalue weighted by atomic mass is 9.41. The summed E-state index contributed by atoms with van der Waals surface area (Å²) in [6.45, 7) is 14.7. The van der Waals surface area contributed by atoms with Crippen molar-refractivity contribution in [3.8, 4) is 0 Å². The van der Waals surface area contributed by atoms with Gasteiger partial charge in [0.25, 0.3) is 0 Å². The maximum atomic E-state index is 12.0. The molecule has 15 nitrogen and oxygen atoms in total. The first kappa shape index (κ1) is 45.0. The second-order valence-corrected chi connectivity index (χ2v) is 21.3. The molecular formula is C43H72O15. The molecule has 7 fully saturated rings. The van der Waals surface area contributed by atoms with Crippen LogP contribution in [0.2, 0.25) is 0 Å². The molecule has 5 aliphatic carbocycles. The van der Waals surface area contributed by atoms with Crippen molar-refractivity contribution in [2.24, 2.45) is 50.7 Å². The van der Waals surface area contributed by atoms with E-state index in [0.717, 1.165) is 25.7 Å². The van der Waals surface area contributed by atoms with Crippen LogP contribution in [0.1, 0.15) is 113 Å². The van der Waals surface area contributed by atoms with Crippen LogP contribution in [0.25, 0.3) is 0 Å². The Morgan fingerprint density at radius 1 is 0.845 bits per heavy atom. The van der Waals surface area contributed by atoms with Crippen molar-refractivity contribution in [2.75, 3.05) is 13.2 Å². The zero-order chi connectivity index (χ0) is 42.7. The molecule has 0 unspecified atom stereocenters. The molecule has 15 heteroatoms. The lowest BCUT2D eigenvalue weighted by molar-refractivity contribution is -0.339. The van der Waals surface area contributed by atoms with Crippen LogP contribution in [-0.4, -0.2) is 150 Å². The Morgan fingerprint density at radius 3 is 2.16 bits per heavy atom. The van der Waals surface area contributed by atoms with Crippen molar-refractivity contribution in [1.29, 1.82) is 0 Å². The van der Waals surface area contributed by atoms with Crippen LogP contribution in [0.15, 0.2) is 0 Å². The summed E-state index contributed by atoms with van der Waals surface area (Å²) in [6.07, 6.45) is -8.48. The summed E-state index contributed by atoms with van der Waals surface area (Å²) in [7, 11) is 0. The van der Waals surface area contributed by atoms with Crippen molar-refractivity contribution in [2.45, 2.75) is 199 Å². The summed E-state index contributed by atoms with van der Waals surface area (Å²) in [5.41, 5.74) is -2.75. The van der Waals surface area contributed by atoms with Crippen molar-refractivity contribution in [1.82, 2.24) is 0 Å². The zero-order valence-corrected chi connectivity index (χ0v) is 35.6. The van der Waals surface area contributed by atoms with E-state index in [1.165, 1.54) is 6.92 Å². The molecule has 0 radical (unpaired) electrons. The molecule has 0 aromatic carbocycles. The van der Waals surface area contributed by atoms with E-state index in [1.54, 1.807) is 13.8 Å². The van der Waals surface area contributed by atoms with Crippen LogP contribution in [0.5, 0.6) is 0 Å². The van der Waals surface area contributed by atoms with Gasteiger partial charge in [0.05, 0.1) is 43.2 Å². The smallest absolute Gasteiger partial charge is 0.303 e. The maximum Gasteiger partial charge on any atom is 0.303 e. The van der Waals surface area contributed by atoms with E-state index in [1.807, 2.05) is 0 Å². The molecule has 0 amide bonds. The van der Waals surface area contributed by atoms with Crippen LogP contribution in [0.3, 0.4) is 0 Å². The number of esters is 1. The van der Waals surface area contributed by atoms with Crippen molar-refractivity contribution in [3.05, 3.63) is 0 Å². The van der Waals surface area contributed by atoms with Gasteiger partial charge in [0.2, 0.25) is 0 Å². The Kier molecular flexibility index (Phi) is 11.9. The first-order valence-corrected chi connectivity index (χ1v) is 21.7. The number of fused-ring (bicyclic) bond motifs is 2. The van der Waals surface area contributed by atoms with E-state index < -0.39 is 103 Å². The number of carbonyl (C=O) groups excluding carboxylic acids is 1. The standard InChI is InChI=1S/C43H72O15/c1-20(9-10-27(47)39(5,6)53)29-22(46)16-41(8)26-15-23(56-37-34(52)32(50)30(48)24(17-44)57-37)35-38(3,4)28(11-12-43(35)19-42(26,43)14-13-40(29,41)7)58-36-33(51)31(49)25(18-54-36)55-21(2)45/h20,22-37,44,46-53H,9-19H2,1-8H3/t20-,22+,23+,24-,25-,26+,27+,28+,29+,30-,31+,32+,33-,34-,35+,36+,37-,40-,41+,42+,43-/m1/s1. The molecule has 2 spiro atoms. The van der Waals surface area contributed by atoms with Gasteiger partial charge in [-0.15, -0.1) is 0 Å². The van der Waals surface area contributed by atoms with Gasteiger partial charge < -0.3 is 69.6 Å². The van der Waals surface area contributed by atoms with Gasteiger partial charge in [0.1, 0.15) is 36.6 Å². The summed E-state index contributed by atoms with van der Waals surface area (Å²) in [5.74, 6) is -0.652. The van der Waals surface area contributed by atoms with E-state index in [0.29, 0.717) is 32.1 Å². The summed E-state index contributed by atoms with van der Waals surface area (Å²) < 4.78 is 30.5. The lowest BCUT2D eigenvalue weighted by Crippen LogP contribution is -2.65. The highest BCUT2D eigenvalue weighted by molar-refractivity contribution is 5.66. The highest BCUT2D eigenvalue weighted by atomic mass is 16.7. The average Bonchev–Trinajstić information content (AvgIpc) is 3.73. The monoisotopic (exact) mass is 828 g/mol.